The summed E-state index contributed by atoms with van der Waals surface area (Å²) >= 11 is 0. The third kappa shape index (κ3) is 6.26. The molecule has 22 heavy (non-hydrogen) atoms. The van der Waals surface area contributed by atoms with Crippen LogP contribution >= 0.6 is 0 Å². The largest absolute Gasteiger partial charge is 0.389 e. The highest BCUT2D eigenvalue weighted by molar-refractivity contribution is 5.20. The zero-order chi connectivity index (χ0) is 16.4. The van der Waals surface area contributed by atoms with Crippen LogP contribution in [0.4, 0.5) is 0 Å². The molecule has 1 aliphatic carbocycles. The van der Waals surface area contributed by atoms with Crippen LogP contribution < -0.4 is 0 Å². The molecular weight excluding hydrogens is 272 g/mol. The van der Waals surface area contributed by atoms with E-state index in [1.54, 1.807) is 0 Å². The van der Waals surface area contributed by atoms with Crippen molar-refractivity contribution in [3.63, 3.8) is 0 Å². The third-order valence-electron chi connectivity index (χ3n) is 4.98. The summed E-state index contributed by atoms with van der Waals surface area (Å²) in [7, 11) is 0. The van der Waals surface area contributed by atoms with Crippen LogP contribution in [0.3, 0.4) is 0 Å². The number of allylic oxidation sites excluding steroid dienone is 2. The van der Waals surface area contributed by atoms with Crippen molar-refractivity contribution in [2.45, 2.75) is 84.8 Å². The van der Waals surface area contributed by atoms with E-state index in [2.05, 4.69) is 32.9 Å². The summed E-state index contributed by atoms with van der Waals surface area (Å²) in [6, 6.07) is 0. The van der Waals surface area contributed by atoms with Crippen LogP contribution in [-0.4, -0.2) is 23.9 Å². The second-order valence-corrected chi connectivity index (χ2v) is 6.78. The quantitative estimate of drug-likeness (QED) is 0.440. The van der Waals surface area contributed by atoms with Gasteiger partial charge < -0.3 is 9.84 Å². The van der Waals surface area contributed by atoms with Crippen molar-refractivity contribution in [1.82, 2.24) is 0 Å². The Morgan fingerprint density at radius 2 is 1.77 bits per heavy atom. The number of hydrogen-bond donors (Lipinski definition) is 1. The SMILES string of the molecule is C/C=C/CC1=CC(O)C(C)C(C)C1OCCCCCCCC. The Kier molecular flexibility index (Phi) is 9.74. The van der Waals surface area contributed by atoms with Crippen LogP contribution in [0.25, 0.3) is 0 Å². The molecule has 0 aliphatic heterocycles. The Balaban J connectivity index is 2.44. The highest BCUT2D eigenvalue weighted by atomic mass is 16.5. The number of aliphatic hydroxyl groups excluding tert-OH is 1. The van der Waals surface area contributed by atoms with E-state index in [4.69, 9.17) is 4.74 Å². The fourth-order valence-electron chi connectivity index (χ4n) is 3.18. The van der Waals surface area contributed by atoms with Gasteiger partial charge in [-0.05, 0) is 37.2 Å². The summed E-state index contributed by atoms with van der Waals surface area (Å²) in [5.41, 5.74) is 1.25. The molecule has 0 saturated carbocycles. The van der Waals surface area contributed by atoms with Gasteiger partial charge in [0.25, 0.3) is 0 Å². The van der Waals surface area contributed by atoms with Crippen LogP contribution in [-0.2, 0) is 4.74 Å². The molecule has 0 spiro atoms. The van der Waals surface area contributed by atoms with Gasteiger partial charge in [-0.15, -0.1) is 0 Å². The molecule has 0 saturated heterocycles. The summed E-state index contributed by atoms with van der Waals surface area (Å²) in [5.74, 6) is 0.643. The van der Waals surface area contributed by atoms with Crippen LogP contribution in [0, 0.1) is 11.8 Å². The van der Waals surface area contributed by atoms with Gasteiger partial charge in [-0.1, -0.05) is 71.1 Å². The molecule has 0 aromatic heterocycles. The predicted octanol–water partition coefficient (Wildman–Crippen LogP) is 5.27. The first-order valence-electron chi connectivity index (χ1n) is 9.23. The lowest BCUT2D eigenvalue weighted by Crippen LogP contribution is -2.39. The minimum Gasteiger partial charge on any atom is -0.389 e. The van der Waals surface area contributed by atoms with Gasteiger partial charge in [0, 0.05) is 6.61 Å². The Labute approximate surface area is 137 Å². The molecule has 0 amide bonds. The van der Waals surface area contributed by atoms with E-state index < -0.39 is 0 Å². The number of rotatable bonds is 10. The van der Waals surface area contributed by atoms with Crippen molar-refractivity contribution in [2.24, 2.45) is 11.8 Å². The standard InChI is InChI=1S/C20H36O2/c1-5-7-9-10-11-12-14-22-20-17(4)16(3)19(21)15-18(20)13-8-6-2/h6,8,15-17,19-21H,5,7,9-14H2,1-4H3/b8-6+. The summed E-state index contributed by atoms with van der Waals surface area (Å²) in [6.07, 6.45) is 14.7. The normalized spacial score (nSPS) is 29.0. The Hall–Kier alpha value is -0.600. The van der Waals surface area contributed by atoms with Gasteiger partial charge in [0.05, 0.1) is 12.2 Å². The fourth-order valence-corrected chi connectivity index (χ4v) is 3.18. The number of ether oxygens (including phenoxy) is 1. The first-order chi connectivity index (χ1) is 10.6. The molecule has 0 aromatic rings. The monoisotopic (exact) mass is 308 g/mol. The van der Waals surface area contributed by atoms with Gasteiger partial charge in [-0.2, -0.15) is 0 Å². The van der Waals surface area contributed by atoms with Crippen LogP contribution in [0.5, 0.6) is 0 Å². The van der Waals surface area contributed by atoms with Gasteiger partial charge in [-0.3, -0.25) is 0 Å². The summed E-state index contributed by atoms with van der Waals surface area (Å²) in [4.78, 5) is 0. The summed E-state index contributed by atoms with van der Waals surface area (Å²) < 4.78 is 6.22. The van der Waals surface area contributed by atoms with Crippen LogP contribution in [0.1, 0.15) is 72.6 Å². The van der Waals surface area contributed by atoms with Gasteiger partial charge in [0.15, 0.2) is 0 Å². The van der Waals surface area contributed by atoms with E-state index in [-0.39, 0.29) is 18.1 Å². The smallest absolute Gasteiger partial charge is 0.0818 e. The average molecular weight is 309 g/mol. The average Bonchev–Trinajstić information content (AvgIpc) is 2.51. The molecule has 4 unspecified atom stereocenters. The second kappa shape index (κ2) is 11.0. The van der Waals surface area contributed by atoms with E-state index in [9.17, 15) is 5.11 Å². The third-order valence-corrected chi connectivity index (χ3v) is 4.98. The van der Waals surface area contributed by atoms with Crippen LogP contribution in [0.15, 0.2) is 23.8 Å². The number of hydrogen-bond acceptors (Lipinski definition) is 2. The van der Waals surface area contributed by atoms with E-state index >= 15 is 0 Å². The maximum Gasteiger partial charge on any atom is 0.0818 e. The van der Waals surface area contributed by atoms with Crippen molar-refractivity contribution in [2.75, 3.05) is 6.61 Å². The highest BCUT2D eigenvalue weighted by Crippen LogP contribution is 2.33. The van der Waals surface area contributed by atoms with E-state index in [0.717, 1.165) is 19.4 Å². The molecule has 1 aliphatic rings. The van der Waals surface area contributed by atoms with E-state index in [0.29, 0.717) is 5.92 Å². The molecule has 0 fully saturated rings. The summed E-state index contributed by atoms with van der Waals surface area (Å²) in [5, 5.41) is 10.2. The van der Waals surface area contributed by atoms with Crippen LogP contribution in [0.2, 0.25) is 0 Å². The lowest BCUT2D eigenvalue weighted by Gasteiger charge is -2.37. The van der Waals surface area contributed by atoms with Crippen molar-refractivity contribution in [3.05, 3.63) is 23.8 Å². The van der Waals surface area contributed by atoms with Gasteiger partial charge in [0.1, 0.15) is 0 Å². The molecule has 0 bridgehead atoms. The number of unbranched alkanes of at least 4 members (excludes halogenated alkanes) is 5. The van der Waals surface area contributed by atoms with Gasteiger partial charge >= 0.3 is 0 Å². The predicted molar refractivity (Wildman–Crippen MR) is 95.0 cm³/mol. The van der Waals surface area contributed by atoms with E-state index in [1.807, 2.05) is 13.0 Å². The molecule has 1 rings (SSSR count). The molecule has 4 atom stereocenters. The first-order valence-corrected chi connectivity index (χ1v) is 9.23. The lowest BCUT2D eigenvalue weighted by molar-refractivity contribution is -0.0114. The van der Waals surface area contributed by atoms with Crippen molar-refractivity contribution in [1.29, 1.82) is 0 Å². The second-order valence-electron chi connectivity index (χ2n) is 6.78. The fraction of sp³-hybridized carbons (Fsp3) is 0.800. The van der Waals surface area contributed by atoms with Gasteiger partial charge in [0.2, 0.25) is 0 Å². The summed E-state index contributed by atoms with van der Waals surface area (Å²) in [6.45, 7) is 9.47. The van der Waals surface area contributed by atoms with Gasteiger partial charge in [-0.25, -0.2) is 0 Å². The molecule has 0 heterocycles. The highest BCUT2D eigenvalue weighted by Gasteiger charge is 2.34. The molecule has 1 N–H and O–H groups in total. The zero-order valence-corrected chi connectivity index (χ0v) is 15.1. The Bertz CT molecular complexity index is 346. The van der Waals surface area contributed by atoms with Crippen molar-refractivity contribution in [3.8, 4) is 0 Å². The molecule has 2 nitrogen and oxygen atoms in total. The molecule has 2 heteroatoms. The minimum atomic E-state index is -0.329. The maximum absolute atomic E-state index is 10.2. The topological polar surface area (TPSA) is 29.5 Å². The maximum atomic E-state index is 10.2. The minimum absolute atomic E-state index is 0.172. The van der Waals surface area contributed by atoms with E-state index in [1.165, 1.54) is 37.7 Å². The molecular formula is C20H36O2. The first kappa shape index (κ1) is 19.4. The number of aliphatic hydroxyl groups is 1. The lowest BCUT2D eigenvalue weighted by atomic mass is 9.77. The van der Waals surface area contributed by atoms with Crippen molar-refractivity contribution < 1.29 is 9.84 Å². The molecule has 0 aromatic carbocycles. The van der Waals surface area contributed by atoms with Crippen molar-refractivity contribution >= 4 is 0 Å². The molecule has 128 valence electrons. The molecule has 0 radical (unpaired) electrons. The Morgan fingerprint density at radius 1 is 1.09 bits per heavy atom. The Morgan fingerprint density at radius 3 is 2.45 bits per heavy atom. The zero-order valence-electron chi connectivity index (χ0n) is 15.1.